The number of hydrogen-bond donors (Lipinski definition) is 1. The van der Waals surface area contributed by atoms with Gasteiger partial charge in [0.2, 0.25) is 11.8 Å². The fraction of sp³-hybridized carbons (Fsp3) is 0.450. The lowest BCUT2D eigenvalue weighted by molar-refractivity contribution is -0.135. The molecular formula is C20H25BrN4O3. The Morgan fingerprint density at radius 1 is 1.32 bits per heavy atom. The molecule has 0 radical (unpaired) electrons. The minimum absolute atomic E-state index is 0.000685. The maximum atomic E-state index is 12.4. The van der Waals surface area contributed by atoms with Crippen molar-refractivity contribution >= 4 is 33.4 Å². The summed E-state index contributed by atoms with van der Waals surface area (Å²) in [6, 6.07) is 7.56. The lowest BCUT2D eigenvalue weighted by Gasteiger charge is -2.31. The third-order valence-electron chi connectivity index (χ3n) is 4.82. The SMILES string of the molecule is CCn1cc(NC(=O)C2CCN(C(=O)CCOc3cccc(Br)c3)CC2)cn1. The Labute approximate surface area is 173 Å². The van der Waals surface area contributed by atoms with E-state index in [0.717, 1.165) is 22.5 Å². The summed E-state index contributed by atoms with van der Waals surface area (Å²) >= 11 is 3.40. The van der Waals surface area contributed by atoms with Crippen molar-refractivity contribution in [3.63, 3.8) is 0 Å². The second-order valence-electron chi connectivity index (χ2n) is 6.78. The molecule has 3 rings (SSSR count). The third-order valence-corrected chi connectivity index (χ3v) is 5.32. The number of aromatic nitrogens is 2. The van der Waals surface area contributed by atoms with Crippen LogP contribution in [0.5, 0.6) is 5.75 Å². The molecule has 2 aromatic rings. The summed E-state index contributed by atoms with van der Waals surface area (Å²) < 4.78 is 8.35. The zero-order chi connectivity index (χ0) is 19.9. The number of piperidine rings is 1. The smallest absolute Gasteiger partial charge is 0.227 e. The van der Waals surface area contributed by atoms with Crippen LogP contribution in [0.15, 0.2) is 41.1 Å². The first-order valence-corrected chi connectivity index (χ1v) is 10.3. The molecule has 7 nitrogen and oxygen atoms in total. The quantitative estimate of drug-likeness (QED) is 0.704. The molecule has 0 spiro atoms. The first-order chi connectivity index (χ1) is 13.5. The number of halogens is 1. The number of carbonyl (C=O) groups excluding carboxylic acids is 2. The number of ether oxygens (including phenoxy) is 1. The van der Waals surface area contributed by atoms with Crippen LogP contribution >= 0.6 is 15.9 Å². The summed E-state index contributed by atoms with van der Waals surface area (Å²) in [4.78, 5) is 26.6. The van der Waals surface area contributed by atoms with Crippen molar-refractivity contribution in [1.29, 1.82) is 0 Å². The van der Waals surface area contributed by atoms with Gasteiger partial charge in [0.1, 0.15) is 5.75 Å². The van der Waals surface area contributed by atoms with Crippen LogP contribution < -0.4 is 10.1 Å². The van der Waals surface area contributed by atoms with E-state index in [4.69, 9.17) is 4.74 Å². The Bertz CT molecular complexity index is 815. The monoisotopic (exact) mass is 448 g/mol. The highest BCUT2D eigenvalue weighted by molar-refractivity contribution is 9.10. The van der Waals surface area contributed by atoms with Crippen LogP contribution in [-0.2, 0) is 16.1 Å². The van der Waals surface area contributed by atoms with Crippen molar-refractivity contribution in [2.24, 2.45) is 5.92 Å². The highest BCUT2D eigenvalue weighted by Gasteiger charge is 2.27. The number of hydrogen-bond acceptors (Lipinski definition) is 4. The van der Waals surface area contributed by atoms with E-state index in [0.29, 0.717) is 39.0 Å². The molecule has 1 aromatic carbocycles. The summed E-state index contributed by atoms with van der Waals surface area (Å²) in [7, 11) is 0. The minimum Gasteiger partial charge on any atom is -0.493 e. The van der Waals surface area contributed by atoms with Crippen molar-refractivity contribution < 1.29 is 14.3 Å². The predicted molar refractivity (Wildman–Crippen MR) is 110 cm³/mol. The summed E-state index contributed by atoms with van der Waals surface area (Å²) in [5, 5.41) is 7.08. The zero-order valence-corrected chi connectivity index (χ0v) is 17.5. The van der Waals surface area contributed by atoms with Gasteiger partial charge in [0.15, 0.2) is 0 Å². The van der Waals surface area contributed by atoms with Gasteiger partial charge in [-0.3, -0.25) is 14.3 Å². The summed E-state index contributed by atoms with van der Waals surface area (Å²) in [6.07, 6.45) is 5.16. The first-order valence-electron chi connectivity index (χ1n) is 9.54. The number of anilines is 1. The minimum atomic E-state index is -0.0769. The molecule has 0 atom stereocenters. The molecule has 0 bridgehead atoms. The number of benzene rings is 1. The average Bonchev–Trinajstić information content (AvgIpc) is 3.15. The maximum Gasteiger partial charge on any atom is 0.227 e. The van der Waals surface area contributed by atoms with Crippen molar-refractivity contribution in [3.8, 4) is 5.75 Å². The van der Waals surface area contributed by atoms with Gasteiger partial charge in [-0.1, -0.05) is 22.0 Å². The maximum absolute atomic E-state index is 12.4. The lowest BCUT2D eigenvalue weighted by atomic mass is 9.95. The number of likely N-dealkylation sites (tertiary alicyclic amines) is 1. The van der Waals surface area contributed by atoms with Crippen molar-refractivity contribution in [2.75, 3.05) is 25.0 Å². The standard InChI is InChI=1S/C20H25BrN4O3/c1-2-25-14-17(13-22-25)23-20(27)15-6-9-24(10-7-15)19(26)8-11-28-18-5-3-4-16(21)12-18/h3-5,12-15H,2,6-11H2,1H3,(H,23,27). The first kappa shape index (κ1) is 20.4. The Hall–Kier alpha value is -2.35. The molecule has 0 unspecified atom stereocenters. The molecule has 1 fully saturated rings. The molecule has 1 N–H and O–H groups in total. The number of nitrogens with zero attached hydrogens (tertiary/aromatic N) is 3. The van der Waals surface area contributed by atoms with Crippen LogP contribution in [-0.4, -0.2) is 46.2 Å². The van der Waals surface area contributed by atoms with E-state index in [-0.39, 0.29) is 17.7 Å². The largest absolute Gasteiger partial charge is 0.493 e. The average molecular weight is 449 g/mol. The second kappa shape index (κ2) is 9.73. The summed E-state index contributed by atoms with van der Waals surface area (Å²) in [5.41, 5.74) is 0.718. The van der Waals surface area contributed by atoms with Crippen LogP contribution in [0.4, 0.5) is 5.69 Å². The van der Waals surface area contributed by atoms with Crippen LogP contribution in [0.25, 0.3) is 0 Å². The Balaban J connectivity index is 1.39. The van der Waals surface area contributed by atoms with Gasteiger partial charge in [-0.05, 0) is 38.0 Å². The Kier molecular flexibility index (Phi) is 7.08. The molecule has 1 aliphatic heterocycles. The fourth-order valence-corrected chi connectivity index (χ4v) is 3.59. The molecule has 8 heteroatoms. The van der Waals surface area contributed by atoms with E-state index in [1.54, 1.807) is 10.9 Å². The second-order valence-corrected chi connectivity index (χ2v) is 7.70. The fourth-order valence-electron chi connectivity index (χ4n) is 3.21. The van der Waals surface area contributed by atoms with E-state index in [9.17, 15) is 9.59 Å². The van der Waals surface area contributed by atoms with E-state index in [1.807, 2.05) is 42.3 Å². The van der Waals surface area contributed by atoms with Gasteiger partial charge in [0, 0.05) is 36.2 Å². The molecule has 2 heterocycles. The molecular weight excluding hydrogens is 424 g/mol. The lowest BCUT2D eigenvalue weighted by Crippen LogP contribution is -2.41. The molecule has 1 saturated heterocycles. The molecule has 0 saturated carbocycles. The van der Waals surface area contributed by atoms with Crippen molar-refractivity contribution in [3.05, 3.63) is 41.1 Å². The number of nitrogens with one attached hydrogen (secondary N) is 1. The Morgan fingerprint density at radius 2 is 2.11 bits per heavy atom. The highest BCUT2D eigenvalue weighted by atomic mass is 79.9. The number of amides is 2. The van der Waals surface area contributed by atoms with Crippen LogP contribution in [0, 0.1) is 5.92 Å². The van der Waals surface area contributed by atoms with Gasteiger partial charge in [0.25, 0.3) is 0 Å². The van der Waals surface area contributed by atoms with Crippen molar-refractivity contribution in [2.45, 2.75) is 32.7 Å². The predicted octanol–water partition coefficient (Wildman–Crippen LogP) is 3.31. The molecule has 1 aromatic heterocycles. The number of carbonyl (C=O) groups is 2. The highest BCUT2D eigenvalue weighted by Crippen LogP contribution is 2.21. The van der Waals surface area contributed by atoms with Gasteiger partial charge >= 0.3 is 0 Å². The molecule has 150 valence electrons. The van der Waals surface area contributed by atoms with Crippen LogP contribution in [0.3, 0.4) is 0 Å². The summed E-state index contributed by atoms with van der Waals surface area (Å²) in [5.74, 6) is 0.731. The van der Waals surface area contributed by atoms with E-state index in [2.05, 4.69) is 26.3 Å². The number of aryl methyl sites for hydroxylation is 1. The van der Waals surface area contributed by atoms with Gasteiger partial charge in [-0.2, -0.15) is 5.10 Å². The van der Waals surface area contributed by atoms with E-state index >= 15 is 0 Å². The molecule has 1 aliphatic rings. The van der Waals surface area contributed by atoms with Gasteiger partial charge in [0.05, 0.1) is 24.9 Å². The van der Waals surface area contributed by atoms with E-state index in [1.165, 1.54) is 0 Å². The third kappa shape index (κ3) is 5.58. The van der Waals surface area contributed by atoms with Crippen molar-refractivity contribution in [1.82, 2.24) is 14.7 Å². The van der Waals surface area contributed by atoms with Gasteiger partial charge < -0.3 is 15.0 Å². The molecule has 2 amide bonds. The Morgan fingerprint density at radius 3 is 2.79 bits per heavy atom. The molecule has 28 heavy (non-hydrogen) atoms. The van der Waals surface area contributed by atoms with Gasteiger partial charge in [-0.25, -0.2) is 0 Å². The van der Waals surface area contributed by atoms with Crippen LogP contribution in [0.2, 0.25) is 0 Å². The zero-order valence-electron chi connectivity index (χ0n) is 15.9. The number of rotatable bonds is 7. The topological polar surface area (TPSA) is 76.5 Å². The van der Waals surface area contributed by atoms with Crippen LogP contribution in [0.1, 0.15) is 26.2 Å². The molecule has 0 aliphatic carbocycles. The van der Waals surface area contributed by atoms with Gasteiger partial charge in [-0.15, -0.1) is 0 Å². The summed E-state index contributed by atoms with van der Waals surface area (Å²) in [6.45, 7) is 4.30. The van der Waals surface area contributed by atoms with E-state index < -0.39 is 0 Å². The normalized spacial score (nSPS) is 14.7.